The molecule has 1 aromatic carbocycles. The number of hydrogen-bond acceptors (Lipinski definition) is 5. The van der Waals surface area contributed by atoms with E-state index in [0.717, 1.165) is 22.9 Å². The number of benzene rings is 1. The molecule has 0 saturated carbocycles. The lowest BCUT2D eigenvalue weighted by Crippen LogP contribution is -2.05. The molecular weight excluding hydrogens is 284 g/mol. The monoisotopic (exact) mass is 300 g/mol. The molecule has 0 aliphatic rings. The predicted molar refractivity (Wildman–Crippen MR) is 83.6 cm³/mol. The number of ether oxygens (including phenoxy) is 1. The zero-order chi connectivity index (χ0) is 14.5. The van der Waals surface area contributed by atoms with Gasteiger partial charge in [0, 0.05) is 17.1 Å². The molecule has 0 amide bonds. The van der Waals surface area contributed by atoms with Crippen LogP contribution in [0.4, 0.5) is 5.69 Å². The summed E-state index contributed by atoms with van der Waals surface area (Å²) in [7, 11) is 0. The van der Waals surface area contributed by atoms with Crippen molar-refractivity contribution in [1.82, 2.24) is 4.98 Å². The van der Waals surface area contributed by atoms with Gasteiger partial charge in [0.05, 0.1) is 23.5 Å². The summed E-state index contributed by atoms with van der Waals surface area (Å²) in [5.41, 5.74) is 3.75. The first-order valence-electron chi connectivity index (χ1n) is 6.71. The zero-order valence-corrected chi connectivity index (χ0v) is 12.5. The van der Waals surface area contributed by atoms with Crippen LogP contribution in [0.3, 0.4) is 0 Å². The summed E-state index contributed by atoms with van der Waals surface area (Å²) in [6.45, 7) is 2.54. The van der Waals surface area contributed by atoms with E-state index in [9.17, 15) is 0 Å². The number of aromatic nitrogens is 1. The highest BCUT2D eigenvalue weighted by molar-refractivity contribution is 7.07. The van der Waals surface area contributed by atoms with Crippen LogP contribution in [0.15, 0.2) is 58.0 Å². The third kappa shape index (κ3) is 3.64. The highest BCUT2D eigenvalue weighted by atomic mass is 32.1. The molecule has 3 rings (SSSR count). The molecule has 2 heterocycles. The van der Waals surface area contributed by atoms with E-state index < -0.39 is 0 Å². The van der Waals surface area contributed by atoms with Crippen molar-refractivity contribution in [2.45, 2.75) is 19.6 Å². The number of hydrogen-bond donors (Lipinski definition) is 1. The molecule has 4 nitrogen and oxygen atoms in total. The van der Waals surface area contributed by atoms with Crippen molar-refractivity contribution in [3.63, 3.8) is 0 Å². The molecule has 2 aromatic heterocycles. The van der Waals surface area contributed by atoms with E-state index in [1.54, 1.807) is 17.6 Å². The van der Waals surface area contributed by atoms with Crippen LogP contribution >= 0.6 is 11.3 Å². The van der Waals surface area contributed by atoms with E-state index in [-0.39, 0.29) is 6.04 Å². The van der Waals surface area contributed by atoms with Crippen LogP contribution in [0.25, 0.3) is 0 Å². The minimum Gasteiger partial charge on any atom is -0.487 e. The number of nitrogens with zero attached hydrogens (tertiary/aromatic N) is 1. The van der Waals surface area contributed by atoms with Crippen molar-refractivity contribution in [2.75, 3.05) is 5.32 Å². The lowest BCUT2D eigenvalue weighted by molar-refractivity contribution is 0.302. The summed E-state index contributed by atoms with van der Waals surface area (Å²) < 4.78 is 11.1. The van der Waals surface area contributed by atoms with Crippen molar-refractivity contribution in [1.29, 1.82) is 0 Å². The molecule has 3 aromatic rings. The summed E-state index contributed by atoms with van der Waals surface area (Å²) in [4.78, 5) is 4.20. The maximum atomic E-state index is 5.74. The molecule has 0 bridgehead atoms. The predicted octanol–water partition coefficient (Wildman–Crippen LogP) is 4.49. The number of rotatable bonds is 6. The molecule has 0 spiro atoms. The zero-order valence-electron chi connectivity index (χ0n) is 11.7. The van der Waals surface area contributed by atoms with Gasteiger partial charge in [-0.3, -0.25) is 0 Å². The maximum absolute atomic E-state index is 5.74. The Kier molecular flexibility index (Phi) is 4.21. The Balaban J connectivity index is 1.62. The van der Waals surface area contributed by atoms with Gasteiger partial charge in [0.15, 0.2) is 0 Å². The quantitative estimate of drug-likeness (QED) is 0.728. The number of anilines is 1. The smallest absolute Gasteiger partial charge is 0.131 e. The molecule has 0 aliphatic carbocycles. The second kappa shape index (κ2) is 6.45. The second-order valence-corrected chi connectivity index (χ2v) is 5.40. The standard InChI is InChI=1S/C16H16N2O2S/c1-12(16-6-3-7-19-16)18-13-4-2-5-15(8-13)20-9-14-10-21-11-17-14/h2-8,10-12,18H,9H2,1H3/t12-/m1/s1. The van der Waals surface area contributed by atoms with Crippen molar-refractivity contribution in [3.05, 3.63) is 65.0 Å². The van der Waals surface area contributed by atoms with E-state index in [2.05, 4.69) is 17.2 Å². The minimum atomic E-state index is 0.105. The van der Waals surface area contributed by atoms with Crippen molar-refractivity contribution < 1.29 is 9.15 Å². The van der Waals surface area contributed by atoms with Gasteiger partial charge < -0.3 is 14.5 Å². The molecule has 0 fully saturated rings. The first-order chi connectivity index (χ1) is 10.3. The SMILES string of the molecule is C[C@@H](Nc1cccc(OCc2cscn2)c1)c1ccco1. The third-order valence-corrected chi connectivity index (χ3v) is 3.69. The summed E-state index contributed by atoms with van der Waals surface area (Å²) in [5, 5.41) is 5.38. The van der Waals surface area contributed by atoms with Gasteiger partial charge in [-0.05, 0) is 31.2 Å². The topological polar surface area (TPSA) is 47.3 Å². The number of furan rings is 1. The Morgan fingerprint density at radius 1 is 1.33 bits per heavy atom. The summed E-state index contributed by atoms with van der Waals surface area (Å²) in [5.74, 6) is 1.73. The van der Waals surface area contributed by atoms with Crippen LogP contribution in [0, 0.1) is 0 Å². The van der Waals surface area contributed by atoms with Gasteiger partial charge in [-0.25, -0.2) is 4.98 Å². The average Bonchev–Trinajstić information content (AvgIpc) is 3.19. The fraction of sp³-hybridized carbons (Fsp3) is 0.188. The molecule has 21 heavy (non-hydrogen) atoms. The van der Waals surface area contributed by atoms with E-state index in [0.29, 0.717) is 6.61 Å². The molecular formula is C16H16N2O2S. The first-order valence-corrected chi connectivity index (χ1v) is 7.65. The Morgan fingerprint density at radius 2 is 2.29 bits per heavy atom. The Labute approximate surface area is 127 Å². The molecule has 0 saturated heterocycles. The molecule has 5 heteroatoms. The summed E-state index contributed by atoms with van der Waals surface area (Å²) >= 11 is 1.57. The third-order valence-electron chi connectivity index (χ3n) is 3.06. The van der Waals surface area contributed by atoms with Crippen LogP contribution in [0.1, 0.15) is 24.4 Å². The van der Waals surface area contributed by atoms with Crippen LogP contribution in [-0.2, 0) is 6.61 Å². The lowest BCUT2D eigenvalue weighted by Gasteiger charge is -2.14. The second-order valence-electron chi connectivity index (χ2n) is 4.68. The molecule has 0 unspecified atom stereocenters. The maximum Gasteiger partial charge on any atom is 0.131 e. The van der Waals surface area contributed by atoms with Crippen LogP contribution < -0.4 is 10.1 Å². The Hall–Kier alpha value is -2.27. The molecule has 1 atom stereocenters. The molecule has 108 valence electrons. The Bertz CT molecular complexity index is 665. The van der Waals surface area contributed by atoms with Gasteiger partial charge in [0.1, 0.15) is 18.1 Å². The largest absolute Gasteiger partial charge is 0.487 e. The molecule has 0 radical (unpaired) electrons. The van der Waals surface area contributed by atoms with Gasteiger partial charge in [0.2, 0.25) is 0 Å². The fourth-order valence-corrected chi connectivity index (χ4v) is 2.54. The van der Waals surface area contributed by atoms with Gasteiger partial charge in [-0.15, -0.1) is 11.3 Å². The normalized spacial score (nSPS) is 12.0. The average molecular weight is 300 g/mol. The van der Waals surface area contributed by atoms with Gasteiger partial charge in [-0.2, -0.15) is 0 Å². The van der Waals surface area contributed by atoms with Gasteiger partial charge >= 0.3 is 0 Å². The van der Waals surface area contributed by atoms with Gasteiger partial charge in [-0.1, -0.05) is 6.07 Å². The Morgan fingerprint density at radius 3 is 3.05 bits per heavy atom. The van der Waals surface area contributed by atoms with Crippen LogP contribution in [0.5, 0.6) is 5.75 Å². The number of nitrogens with one attached hydrogen (secondary N) is 1. The van der Waals surface area contributed by atoms with E-state index in [1.807, 2.05) is 47.3 Å². The summed E-state index contributed by atoms with van der Waals surface area (Å²) in [6, 6.07) is 11.8. The van der Waals surface area contributed by atoms with Crippen LogP contribution in [-0.4, -0.2) is 4.98 Å². The lowest BCUT2D eigenvalue weighted by atomic mass is 10.2. The fourth-order valence-electron chi connectivity index (χ4n) is 2.00. The molecule has 1 N–H and O–H groups in total. The van der Waals surface area contributed by atoms with E-state index >= 15 is 0 Å². The van der Waals surface area contributed by atoms with Gasteiger partial charge in [0.25, 0.3) is 0 Å². The highest BCUT2D eigenvalue weighted by Gasteiger charge is 2.08. The number of thiazole rings is 1. The molecule has 0 aliphatic heterocycles. The minimum absolute atomic E-state index is 0.105. The highest BCUT2D eigenvalue weighted by Crippen LogP contribution is 2.23. The van der Waals surface area contributed by atoms with Crippen molar-refractivity contribution in [2.24, 2.45) is 0 Å². The van der Waals surface area contributed by atoms with Crippen LogP contribution in [0.2, 0.25) is 0 Å². The van der Waals surface area contributed by atoms with E-state index in [4.69, 9.17) is 9.15 Å². The first kappa shape index (κ1) is 13.7. The van der Waals surface area contributed by atoms with Crippen molar-refractivity contribution in [3.8, 4) is 5.75 Å². The van der Waals surface area contributed by atoms with Crippen molar-refractivity contribution >= 4 is 17.0 Å². The summed E-state index contributed by atoms with van der Waals surface area (Å²) in [6.07, 6.45) is 1.68. The van der Waals surface area contributed by atoms with E-state index in [1.165, 1.54) is 0 Å².